The molecule has 0 N–H and O–H groups in total. The van der Waals surface area contributed by atoms with Gasteiger partial charge in [-0.15, -0.1) is 0 Å². The minimum absolute atomic E-state index is 0.537. The summed E-state index contributed by atoms with van der Waals surface area (Å²) >= 11 is 3.34. The van der Waals surface area contributed by atoms with E-state index in [0.717, 1.165) is 15.6 Å². The molecule has 4 nitrogen and oxygen atoms in total. The lowest BCUT2D eigenvalue weighted by atomic mass is 10.3. The summed E-state index contributed by atoms with van der Waals surface area (Å²) in [5.41, 5.74) is 2.17. The van der Waals surface area contributed by atoms with Crippen LogP contribution in [0.1, 0.15) is 0 Å². The van der Waals surface area contributed by atoms with Gasteiger partial charge in [0.05, 0.1) is 0 Å². The molecule has 0 aliphatic rings. The number of fused-ring (bicyclic) bond motifs is 1. The first kappa shape index (κ1) is 9.47. The lowest BCUT2D eigenvalue weighted by molar-refractivity contribution is 0.607. The van der Waals surface area contributed by atoms with E-state index in [-0.39, 0.29) is 0 Å². The van der Waals surface area contributed by atoms with Crippen LogP contribution in [0.15, 0.2) is 45.7 Å². The maximum atomic E-state index is 5.54. The Bertz CT molecular complexity index is 636. The standard InChI is InChI=1S/C11H6BrN3O/c12-8-5-9-11(14-6-8)16-10(15-9)7-1-3-13-4-2-7/h1-6H. The Morgan fingerprint density at radius 1 is 1.19 bits per heavy atom. The molecule has 5 heteroatoms. The van der Waals surface area contributed by atoms with Crippen molar-refractivity contribution in [3.8, 4) is 11.5 Å². The van der Waals surface area contributed by atoms with Gasteiger partial charge in [-0.2, -0.15) is 0 Å². The molecule has 0 unspecified atom stereocenters. The molecule has 16 heavy (non-hydrogen) atoms. The number of pyridine rings is 2. The van der Waals surface area contributed by atoms with E-state index in [9.17, 15) is 0 Å². The van der Waals surface area contributed by atoms with Crippen LogP contribution in [0.4, 0.5) is 0 Å². The monoisotopic (exact) mass is 275 g/mol. The average molecular weight is 276 g/mol. The molecule has 0 aromatic carbocycles. The number of halogens is 1. The first-order valence-corrected chi connectivity index (χ1v) is 5.45. The van der Waals surface area contributed by atoms with Crippen LogP contribution in [0.2, 0.25) is 0 Å². The molecule has 0 bridgehead atoms. The highest BCUT2D eigenvalue weighted by molar-refractivity contribution is 9.10. The summed E-state index contributed by atoms with van der Waals surface area (Å²) in [6.07, 6.45) is 5.09. The number of rotatable bonds is 1. The van der Waals surface area contributed by atoms with E-state index >= 15 is 0 Å². The lowest BCUT2D eigenvalue weighted by Crippen LogP contribution is -1.76. The van der Waals surface area contributed by atoms with Crippen molar-refractivity contribution in [2.24, 2.45) is 0 Å². The molecule has 3 aromatic rings. The summed E-state index contributed by atoms with van der Waals surface area (Å²) in [5, 5.41) is 0. The van der Waals surface area contributed by atoms with E-state index in [1.807, 2.05) is 18.2 Å². The highest BCUT2D eigenvalue weighted by Crippen LogP contribution is 2.23. The molecule has 0 saturated heterocycles. The van der Waals surface area contributed by atoms with Crippen LogP contribution < -0.4 is 0 Å². The molecule has 3 aromatic heterocycles. The van der Waals surface area contributed by atoms with E-state index in [4.69, 9.17) is 4.42 Å². The normalized spacial score (nSPS) is 10.8. The molecule has 0 aliphatic heterocycles. The summed E-state index contributed by atoms with van der Waals surface area (Å²) in [4.78, 5) is 12.4. The zero-order valence-electron chi connectivity index (χ0n) is 8.09. The average Bonchev–Trinajstić information content (AvgIpc) is 2.73. The number of hydrogen-bond donors (Lipinski definition) is 0. The molecule has 0 amide bonds. The second-order valence-corrected chi connectivity index (χ2v) is 4.15. The first-order valence-electron chi connectivity index (χ1n) is 4.65. The predicted molar refractivity (Wildman–Crippen MR) is 62.7 cm³/mol. The molecular weight excluding hydrogens is 270 g/mol. The SMILES string of the molecule is Brc1cnc2oc(-c3ccncc3)nc2c1. The van der Waals surface area contributed by atoms with Gasteiger partial charge >= 0.3 is 0 Å². The Hall–Kier alpha value is -1.75. The second-order valence-electron chi connectivity index (χ2n) is 3.23. The fourth-order valence-corrected chi connectivity index (χ4v) is 1.74. The highest BCUT2D eigenvalue weighted by atomic mass is 79.9. The third-order valence-electron chi connectivity index (χ3n) is 2.14. The zero-order valence-corrected chi connectivity index (χ0v) is 9.68. The highest BCUT2D eigenvalue weighted by Gasteiger charge is 2.08. The molecule has 0 radical (unpaired) electrons. The van der Waals surface area contributed by atoms with Crippen molar-refractivity contribution in [3.05, 3.63) is 41.3 Å². The third-order valence-corrected chi connectivity index (χ3v) is 2.58. The van der Waals surface area contributed by atoms with Crippen LogP contribution in [0.3, 0.4) is 0 Å². The van der Waals surface area contributed by atoms with Crippen LogP contribution in [-0.2, 0) is 0 Å². The van der Waals surface area contributed by atoms with Crippen LogP contribution >= 0.6 is 15.9 Å². The fraction of sp³-hybridized carbons (Fsp3) is 0. The van der Waals surface area contributed by atoms with Crippen LogP contribution in [0.5, 0.6) is 0 Å². The molecule has 0 atom stereocenters. The van der Waals surface area contributed by atoms with Crippen molar-refractivity contribution in [3.63, 3.8) is 0 Å². The predicted octanol–water partition coefficient (Wildman–Crippen LogP) is 3.05. The Balaban J connectivity index is 2.19. The van der Waals surface area contributed by atoms with Gasteiger partial charge in [0.25, 0.3) is 0 Å². The summed E-state index contributed by atoms with van der Waals surface area (Å²) in [5.74, 6) is 0.558. The van der Waals surface area contributed by atoms with Gasteiger partial charge in [-0.3, -0.25) is 4.98 Å². The second kappa shape index (κ2) is 3.68. The molecule has 78 valence electrons. The van der Waals surface area contributed by atoms with E-state index in [0.29, 0.717) is 11.6 Å². The van der Waals surface area contributed by atoms with E-state index in [1.165, 1.54) is 0 Å². The van der Waals surface area contributed by atoms with Crippen LogP contribution in [0, 0.1) is 0 Å². The minimum Gasteiger partial charge on any atom is -0.418 e. The van der Waals surface area contributed by atoms with Crippen molar-refractivity contribution in [2.45, 2.75) is 0 Å². The van der Waals surface area contributed by atoms with E-state index < -0.39 is 0 Å². The number of nitrogens with zero attached hydrogens (tertiary/aromatic N) is 3. The number of hydrogen-bond acceptors (Lipinski definition) is 4. The molecule has 3 heterocycles. The summed E-state index contributed by atoms with van der Waals surface area (Å²) in [7, 11) is 0. The van der Waals surface area contributed by atoms with Crippen molar-refractivity contribution in [2.75, 3.05) is 0 Å². The lowest BCUT2D eigenvalue weighted by Gasteiger charge is -1.90. The molecule has 0 fully saturated rings. The van der Waals surface area contributed by atoms with Gasteiger partial charge < -0.3 is 4.42 Å². The van der Waals surface area contributed by atoms with Gasteiger partial charge in [0.2, 0.25) is 11.6 Å². The third kappa shape index (κ3) is 1.59. The van der Waals surface area contributed by atoms with Gasteiger partial charge in [-0.25, -0.2) is 9.97 Å². The van der Waals surface area contributed by atoms with E-state index in [2.05, 4.69) is 30.9 Å². The van der Waals surface area contributed by atoms with Crippen LogP contribution in [-0.4, -0.2) is 15.0 Å². The summed E-state index contributed by atoms with van der Waals surface area (Å²) in [6, 6.07) is 5.57. The molecule has 0 saturated carbocycles. The number of oxazole rings is 1. The van der Waals surface area contributed by atoms with Crippen molar-refractivity contribution in [1.29, 1.82) is 0 Å². The number of aromatic nitrogens is 3. The fourth-order valence-electron chi connectivity index (χ4n) is 1.42. The van der Waals surface area contributed by atoms with E-state index in [1.54, 1.807) is 18.6 Å². The smallest absolute Gasteiger partial charge is 0.247 e. The molecule has 3 rings (SSSR count). The van der Waals surface area contributed by atoms with Gasteiger partial charge in [-0.1, -0.05) is 0 Å². The van der Waals surface area contributed by atoms with Gasteiger partial charge in [0.15, 0.2) is 0 Å². The van der Waals surface area contributed by atoms with Gasteiger partial charge in [-0.05, 0) is 34.1 Å². The van der Waals surface area contributed by atoms with Crippen molar-refractivity contribution in [1.82, 2.24) is 15.0 Å². The maximum absolute atomic E-state index is 5.54. The summed E-state index contributed by atoms with van der Waals surface area (Å²) < 4.78 is 6.42. The molecule has 0 spiro atoms. The first-order chi connectivity index (χ1) is 7.83. The van der Waals surface area contributed by atoms with Gasteiger partial charge in [0, 0.05) is 28.6 Å². The largest absolute Gasteiger partial charge is 0.418 e. The molecular formula is C11H6BrN3O. The maximum Gasteiger partial charge on any atom is 0.247 e. The Labute approximate surface area is 99.5 Å². The zero-order chi connectivity index (χ0) is 11.0. The Kier molecular flexibility index (Phi) is 2.18. The quantitative estimate of drug-likeness (QED) is 0.685. The molecule has 0 aliphatic carbocycles. The van der Waals surface area contributed by atoms with Crippen molar-refractivity contribution >= 4 is 27.2 Å². The van der Waals surface area contributed by atoms with Crippen LogP contribution in [0.25, 0.3) is 22.7 Å². The Morgan fingerprint density at radius 2 is 2.00 bits per heavy atom. The Morgan fingerprint density at radius 3 is 2.81 bits per heavy atom. The summed E-state index contributed by atoms with van der Waals surface area (Å²) in [6.45, 7) is 0. The topological polar surface area (TPSA) is 51.8 Å². The minimum atomic E-state index is 0.537. The van der Waals surface area contributed by atoms with Gasteiger partial charge in [0.1, 0.15) is 5.52 Å². The van der Waals surface area contributed by atoms with Crippen molar-refractivity contribution < 1.29 is 4.42 Å².